The summed E-state index contributed by atoms with van der Waals surface area (Å²) in [6.07, 6.45) is 2.22. The molecule has 0 radical (unpaired) electrons. The molecule has 1 saturated heterocycles. The van der Waals surface area contributed by atoms with Crippen LogP contribution in [0.1, 0.15) is 19.3 Å². The molecular weight excluding hydrogens is 261 g/mol. The van der Waals surface area contributed by atoms with Crippen LogP contribution in [0.5, 0.6) is 5.75 Å². The Bertz CT molecular complexity index is 435. The molecule has 0 aliphatic carbocycles. The molecule has 1 N–H and O–H groups in total. The second-order valence-corrected chi connectivity index (χ2v) is 5.08. The minimum Gasteiger partial charge on any atom is -0.493 e. The van der Waals surface area contributed by atoms with Crippen molar-refractivity contribution in [3.63, 3.8) is 0 Å². The van der Waals surface area contributed by atoms with Crippen molar-refractivity contribution < 1.29 is 19.0 Å². The van der Waals surface area contributed by atoms with E-state index in [-0.39, 0.29) is 30.9 Å². The van der Waals surface area contributed by atoms with Crippen molar-refractivity contribution in [3.8, 4) is 5.75 Å². The number of benzene rings is 1. The number of hydrogen-bond acceptors (Lipinski definition) is 3. The van der Waals surface area contributed by atoms with E-state index in [2.05, 4.69) is 0 Å². The third-order valence-electron chi connectivity index (χ3n) is 3.53. The molecule has 5 heteroatoms. The number of halogens is 1. The Kier molecular flexibility index (Phi) is 5.35. The normalized spacial score (nSPS) is 18.9. The van der Waals surface area contributed by atoms with E-state index in [0.29, 0.717) is 18.7 Å². The second kappa shape index (κ2) is 7.24. The molecule has 0 aromatic heterocycles. The van der Waals surface area contributed by atoms with Gasteiger partial charge in [-0.3, -0.25) is 4.79 Å². The molecule has 20 heavy (non-hydrogen) atoms. The minimum atomic E-state index is -0.309. The van der Waals surface area contributed by atoms with Crippen molar-refractivity contribution in [2.45, 2.75) is 19.3 Å². The first-order valence-electron chi connectivity index (χ1n) is 6.96. The fourth-order valence-electron chi connectivity index (χ4n) is 2.39. The summed E-state index contributed by atoms with van der Waals surface area (Å²) < 4.78 is 18.1. The van der Waals surface area contributed by atoms with Crippen LogP contribution in [0.25, 0.3) is 0 Å². The maximum Gasteiger partial charge on any atom is 0.226 e. The van der Waals surface area contributed by atoms with Gasteiger partial charge in [-0.2, -0.15) is 0 Å². The van der Waals surface area contributed by atoms with Crippen LogP contribution < -0.4 is 4.74 Å². The van der Waals surface area contributed by atoms with Gasteiger partial charge in [0, 0.05) is 19.7 Å². The summed E-state index contributed by atoms with van der Waals surface area (Å²) in [6, 6.07) is 5.74. The molecule has 1 aromatic carbocycles. The molecule has 1 unspecified atom stereocenters. The maximum atomic E-state index is 12.7. The summed E-state index contributed by atoms with van der Waals surface area (Å²) in [4.78, 5) is 13.8. The van der Waals surface area contributed by atoms with Crippen molar-refractivity contribution in [2.75, 3.05) is 26.3 Å². The second-order valence-electron chi connectivity index (χ2n) is 5.08. The van der Waals surface area contributed by atoms with Crippen LogP contribution in [0.3, 0.4) is 0 Å². The predicted octanol–water partition coefficient (Wildman–Crippen LogP) is 1.83. The van der Waals surface area contributed by atoms with Crippen molar-refractivity contribution in [3.05, 3.63) is 30.1 Å². The third kappa shape index (κ3) is 4.20. The molecule has 4 nitrogen and oxygen atoms in total. The Balaban J connectivity index is 1.73. The highest BCUT2D eigenvalue weighted by Gasteiger charge is 2.22. The summed E-state index contributed by atoms with van der Waals surface area (Å²) in [5, 5.41) is 9.14. The largest absolute Gasteiger partial charge is 0.493 e. The average molecular weight is 281 g/mol. The monoisotopic (exact) mass is 281 g/mol. The zero-order valence-corrected chi connectivity index (χ0v) is 11.4. The van der Waals surface area contributed by atoms with Crippen LogP contribution in [-0.4, -0.2) is 42.2 Å². The van der Waals surface area contributed by atoms with Gasteiger partial charge in [0.1, 0.15) is 11.6 Å². The maximum absolute atomic E-state index is 12.7. The fourth-order valence-corrected chi connectivity index (χ4v) is 2.39. The van der Waals surface area contributed by atoms with E-state index in [0.717, 1.165) is 19.4 Å². The number of nitrogens with zero attached hydrogens (tertiary/aromatic N) is 1. The first-order chi connectivity index (χ1) is 9.69. The fraction of sp³-hybridized carbons (Fsp3) is 0.533. The van der Waals surface area contributed by atoms with Crippen LogP contribution in [0.4, 0.5) is 4.39 Å². The zero-order chi connectivity index (χ0) is 14.4. The van der Waals surface area contributed by atoms with Gasteiger partial charge in [0.15, 0.2) is 0 Å². The molecule has 1 fully saturated rings. The van der Waals surface area contributed by atoms with Crippen LogP contribution in [0.2, 0.25) is 0 Å². The number of carbonyl (C=O) groups excluding carboxylic acids is 1. The van der Waals surface area contributed by atoms with Gasteiger partial charge in [-0.15, -0.1) is 0 Å². The number of aliphatic hydroxyl groups excluding tert-OH is 1. The highest BCUT2D eigenvalue weighted by atomic mass is 19.1. The molecule has 1 aliphatic heterocycles. The lowest BCUT2D eigenvalue weighted by Gasteiger charge is -2.31. The van der Waals surface area contributed by atoms with Crippen LogP contribution in [0.15, 0.2) is 24.3 Å². The van der Waals surface area contributed by atoms with Crippen LogP contribution >= 0.6 is 0 Å². The van der Waals surface area contributed by atoms with E-state index in [1.54, 1.807) is 17.0 Å². The van der Waals surface area contributed by atoms with E-state index in [1.807, 2.05) is 0 Å². The van der Waals surface area contributed by atoms with E-state index in [4.69, 9.17) is 9.84 Å². The van der Waals surface area contributed by atoms with E-state index < -0.39 is 0 Å². The molecule has 0 spiro atoms. The smallest absolute Gasteiger partial charge is 0.226 e. The summed E-state index contributed by atoms with van der Waals surface area (Å²) in [5.41, 5.74) is 0. The Morgan fingerprint density at radius 2 is 2.15 bits per heavy atom. The van der Waals surface area contributed by atoms with Gasteiger partial charge in [0.25, 0.3) is 0 Å². The number of ether oxygens (including phenoxy) is 1. The molecule has 0 bridgehead atoms. The van der Waals surface area contributed by atoms with Gasteiger partial charge in [-0.1, -0.05) is 0 Å². The molecule has 1 heterocycles. The SMILES string of the molecule is O=C(CCOc1ccc(F)cc1)N1CCCC(CO)C1. The lowest BCUT2D eigenvalue weighted by molar-refractivity contribution is -0.133. The van der Waals surface area contributed by atoms with Gasteiger partial charge in [0.2, 0.25) is 5.91 Å². The number of piperidine rings is 1. The number of rotatable bonds is 5. The third-order valence-corrected chi connectivity index (χ3v) is 3.53. The first-order valence-corrected chi connectivity index (χ1v) is 6.96. The van der Waals surface area contributed by atoms with Gasteiger partial charge >= 0.3 is 0 Å². The molecule has 1 aromatic rings. The van der Waals surface area contributed by atoms with Gasteiger partial charge < -0.3 is 14.7 Å². The quantitative estimate of drug-likeness (QED) is 0.895. The summed E-state index contributed by atoms with van der Waals surface area (Å²) in [6.45, 7) is 1.80. The average Bonchev–Trinajstić information content (AvgIpc) is 2.49. The Labute approximate surface area is 118 Å². The number of amides is 1. The van der Waals surface area contributed by atoms with Crippen molar-refractivity contribution in [1.29, 1.82) is 0 Å². The number of likely N-dealkylation sites (tertiary alicyclic amines) is 1. The molecule has 2 rings (SSSR count). The molecular formula is C15H20FNO3. The molecule has 110 valence electrons. The number of hydrogen-bond donors (Lipinski definition) is 1. The summed E-state index contributed by atoms with van der Waals surface area (Å²) >= 11 is 0. The Morgan fingerprint density at radius 1 is 1.40 bits per heavy atom. The number of carbonyl (C=O) groups is 1. The van der Waals surface area contributed by atoms with Gasteiger partial charge in [0.05, 0.1) is 13.0 Å². The topological polar surface area (TPSA) is 49.8 Å². The van der Waals surface area contributed by atoms with Crippen molar-refractivity contribution in [2.24, 2.45) is 5.92 Å². The lowest BCUT2D eigenvalue weighted by Crippen LogP contribution is -2.41. The molecule has 0 saturated carbocycles. The van der Waals surface area contributed by atoms with E-state index in [9.17, 15) is 9.18 Å². The predicted molar refractivity (Wildman–Crippen MR) is 72.9 cm³/mol. The van der Waals surface area contributed by atoms with Gasteiger partial charge in [-0.25, -0.2) is 4.39 Å². The van der Waals surface area contributed by atoms with Crippen molar-refractivity contribution >= 4 is 5.91 Å². The van der Waals surface area contributed by atoms with Crippen molar-refractivity contribution in [1.82, 2.24) is 4.90 Å². The summed E-state index contributed by atoms with van der Waals surface area (Å²) in [5.74, 6) is 0.499. The molecule has 1 aliphatic rings. The molecule has 1 atom stereocenters. The lowest BCUT2D eigenvalue weighted by atomic mass is 9.99. The highest BCUT2D eigenvalue weighted by Crippen LogP contribution is 2.17. The molecule has 1 amide bonds. The first kappa shape index (κ1) is 14.8. The van der Waals surface area contributed by atoms with E-state index >= 15 is 0 Å². The standard InChI is InChI=1S/C15H20FNO3/c16-13-3-5-14(6-4-13)20-9-7-15(19)17-8-1-2-12(10-17)11-18/h3-6,12,18H,1-2,7-11H2. The zero-order valence-electron chi connectivity index (χ0n) is 11.4. The Morgan fingerprint density at radius 3 is 2.85 bits per heavy atom. The van der Waals surface area contributed by atoms with Gasteiger partial charge in [-0.05, 0) is 43.0 Å². The van der Waals surface area contributed by atoms with E-state index in [1.165, 1.54) is 12.1 Å². The Hall–Kier alpha value is -1.62. The minimum absolute atomic E-state index is 0.0465. The highest BCUT2D eigenvalue weighted by molar-refractivity contribution is 5.76. The number of aliphatic hydroxyl groups is 1. The van der Waals surface area contributed by atoms with Crippen LogP contribution in [0, 0.1) is 11.7 Å². The van der Waals surface area contributed by atoms with Crippen LogP contribution in [-0.2, 0) is 4.79 Å². The summed E-state index contributed by atoms with van der Waals surface area (Å²) in [7, 11) is 0.